The van der Waals surface area contributed by atoms with Gasteiger partial charge in [0.15, 0.2) is 0 Å². The van der Waals surface area contributed by atoms with Crippen LogP contribution in [0.3, 0.4) is 0 Å². The van der Waals surface area contributed by atoms with E-state index in [0.717, 1.165) is 17.8 Å². The molecule has 0 aromatic heterocycles. The van der Waals surface area contributed by atoms with Gasteiger partial charge >= 0.3 is 6.18 Å². The Balaban J connectivity index is 3.38. The minimum atomic E-state index is -5.14. The maximum Gasteiger partial charge on any atom is 0.455 e. The van der Waals surface area contributed by atoms with Crippen molar-refractivity contribution >= 4 is 29.1 Å². The zero-order valence-corrected chi connectivity index (χ0v) is 9.43. The summed E-state index contributed by atoms with van der Waals surface area (Å²) in [5, 5.41) is -0.544. The molecule has 1 rings (SSSR count). The summed E-state index contributed by atoms with van der Waals surface area (Å²) in [6.07, 6.45) is -3.66. The van der Waals surface area contributed by atoms with Crippen LogP contribution in [0.15, 0.2) is 17.0 Å². The van der Waals surface area contributed by atoms with Gasteiger partial charge in [-0.25, -0.2) is 4.39 Å². The number of carbonyl (C=O) groups excluding carboxylic acids is 1. The van der Waals surface area contributed by atoms with Gasteiger partial charge in [0.1, 0.15) is 5.82 Å². The number of ketones is 1. The maximum atomic E-state index is 13.5. The summed E-state index contributed by atoms with van der Waals surface area (Å²) in [6.45, 7) is 0. The Morgan fingerprint density at radius 1 is 1.38 bits per heavy atom. The Kier molecular flexibility index (Phi) is 3.85. The predicted octanol–water partition coefficient (Wildman–Crippen LogP) is 3.95. The van der Waals surface area contributed by atoms with Gasteiger partial charge in [0, 0.05) is 4.90 Å². The number of hydrogen-bond acceptors (Lipinski definition) is 2. The van der Waals surface area contributed by atoms with E-state index in [9.17, 15) is 22.4 Å². The quantitative estimate of drug-likeness (QED) is 0.461. The lowest BCUT2D eigenvalue weighted by atomic mass is 10.1. The fourth-order valence-corrected chi connectivity index (χ4v) is 1.76. The lowest BCUT2D eigenvalue weighted by Crippen LogP contribution is -2.24. The molecule has 0 N–H and O–H groups in total. The Bertz CT molecular complexity index is 430. The molecule has 0 aliphatic heterocycles. The van der Waals surface area contributed by atoms with E-state index >= 15 is 0 Å². The molecule has 1 nitrogen and oxygen atoms in total. The van der Waals surface area contributed by atoms with Crippen molar-refractivity contribution < 1.29 is 22.4 Å². The molecule has 0 saturated heterocycles. The van der Waals surface area contributed by atoms with E-state index in [0.29, 0.717) is 0 Å². The fraction of sp³-hybridized carbons (Fsp3) is 0.222. The van der Waals surface area contributed by atoms with E-state index in [2.05, 4.69) is 0 Å². The third kappa shape index (κ3) is 2.49. The summed E-state index contributed by atoms with van der Waals surface area (Å²) in [6, 6.07) is 2.28. The Morgan fingerprint density at radius 3 is 2.38 bits per heavy atom. The molecule has 16 heavy (non-hydrogen) atoms. The van der Waals surface area contributed by atoms with Crippen molar-refractivity contribution in [2.45, 2.75) is 11.1 Å². The van der Waals surface area contributed by atoms with Crippen LogP contribution in [-0.4, -0.2) is 18.2 Å². The van der Waals surface area contributed by atoms with Crippen molar-refractivity contribution in [3.8, 4) is 0 Å². The van der Waals surface area contributed by atoms with Crippen LogP contribution in [0, 0.1) is 5.82 Å². The Labute approximate surface area is 97.8 Å². The largest absolute Gasteiger partial charge is 0.455 e. The average Bonchev–Trinajstić information content (AvgIpc) is 2.16. The second kappa shape index (κ2) is 4.63. The first-order valence-electron chi connectivity index (χ1n) is 3.92. The van der Waals surface area contributed by atoms with Gasteiger partial charge in [-0.1, -0.05) is 11.6 Å². The van der Waals surface area contributed by atoms with Crippen LogP contribution >= 0.6 is 23.4 Å². The van der Waals surface area contributed by atoms with Gasteiger partial charge in [-0.15, -0.1) is 11.8 Å². The minimum absolute atomic E-state index is 0.0583. The molecule has 0 radical (unpaired) electrons. The van der Waals surface area contributed by atoms with E-state index in [1.54, 1.807) is 0 Å². The predicted molar refractivity (Wildman–Crippen MR) is 53.6 cm³/mol. The zero-order valence-electron chi connectivity index (χ0n) is 7.86. The lowest BCUT2D eigenvalue weighted by molar-refractivity contribution is -0.0887. The number of rotatable bonds is 2. The topological polar surface area (TPSA) is 17.1 Å². The van der Waals surface area contributed by atoms with Gasteiger partial charge in [-0.05, 0) is 18.4 Å². The standard InChI is InChI=1S/C9H5ClF4OS/c1-16-5-3-2-4(10)6(7(5)11)8(15)9(12,13)14/h2-3H,1H3. The molecule has 0 amide bonds. The SMILES string of the molecule is CSc1ccc(Cl)c(C(=O)C(F)(F)F)c1F. The summed E-state index contributed by atoms with van der Waals surface area (Å²) < 4.78 is 49.9. The molecule has 0 aliphatic rings. The second-order valence-corrected chi connectivity index (χ2v) is 4.02. The molecule has 0 unspecified atom stereocenters. The highest BCUT2D eigenvalue weighted by molar-refractivity contribution is 7.98. The third-order valence-electron chi connectivity index (χ3n) is 1.76. The number of benzene rings is 1. The summed E-state index contributed by atoms with van der Waals surface area (Å²) in [5.41, 5.74) is -1.12. The molecular formula is C9H5ClF4OS. The molecule has 0 spiro atoms. The number of alkyl halides is 3. The summed E-state index contributed by atoms with van der Waals surface area (Å²) in [4.78, 5) is 10.9. The molecule has 88 valence electrons. The van der Waals surface area contributed by atoms with Gasteiger partial charge in [-0.3, -0.25) is 4.79 Å². The molecule has 1 aromatic carbocycles. The van der Waals surface area contributed by atoms with Crippen molar-refractivity contribution in [1.82, 2.24) is 0 Å². The molecular weight excluding hydrogens is 268 g/mol. The van der Waals surface area contributed by atoms with E-state index in [1.807, 2.05) is 0 Å². The summed E-state index contributed by atoms with van der Waals surface area (Å²) >= 11 is 6.28. The minimum Gasteiger partial charge on any atom is -0.284 e. The van der Waals surface area contributed by atoms with Crippen molar-refractivity contribution in [2.75, 3.05) is 6.26 Å². The van der Waals surface area contributed by atoms with E-state index in [-0.39, 0.29) is 4.90 Å². The van der Waals surface area contributed by atoms with Gasteiger partial charge in [0.2, 0.25) is 0 Å². The first-order chi connectivity index (χ1) is 7.29. The molecule has 0 aliphatic carbocycles. The highest BCUT2D eigenvalue weighted by atomic mass is 35.5. The zero-order chi connectivity index (χ0) is 12.5. The first kappa shape index (κ1) is 13.3. The highest BCUT2D eigenvalue weighted by Gasteiger charge is 2.42. The summed E-state index contributed by atoms with van der Waals surface area (Å²) in [7, 11) is 0. The molecule has 7 heteroatoms. The molecule has 0 atom stereocenters. The highest BCUT2D eigenvalue weighted by Crippen LogP contribution is 2.32. The monoisotopic (exact) mass is 272 g/mol. The second-order valence-electron chi connectivity index (χ2n) is 2.77. The van der Waals surface area contributed by atoms with Gasteiger partial charge in [-0.2, -0.15) is 13.2 Å². The molecule has 0 saturated carbocycles. The Morgan fingerprint density at radius 2 is 1.94 bits per heavy atom. The van der Waals surface area contributed by atoms with Crippen molar-refractivity contribution in [2.24, 2.45) is 0 Å². The Hall–Kier alpha value is -0.750. The number of halogens is 5. The smallest absolute Gasteiger partial charge is 0.284 e. The number of hydrogen-bond donors (Lipinski definition) is 0. The first-order valence-corrected chi connectivity index (χ1v) is 5.52. The summed E-state index contributed by atoms with van der Waals surface area (Å²) in [5.74, 6) is -3.51. The number of Topliss-reactive ketones (excluding diaryl/α,β-unsaturated/α-hetero) is 1. The van der Waals surface area contributed by atoms with Crippen LogP contribution in [0.25, 0.3) is 0 Å². The van der Waals surface area contributed by atoms with E-state index in [1.165, 1.54) is 12.3 Å². The lowest BCUT2D eigenvalue weighted by Gasteiger charge is -2.10. The molecule has 1 aromatic rings. The fourth-order valence-electron chi connectivity index (χ4n) is 1.04. The van der Waals surface area contributed by atoms with Crippen molar-refractivity contribution in [1.29, 1.82) is 0 Å². The molecule has 0 bridgehead atoms. The average molecular weight is 273 g/mol. The van der Waals surface area contributed by atoms with Crippen LogP contribution in [0.5, 0.6) is 0 Å². The van der Waals surface area contributed by atoms with Gasteiger partial charge < -0.3 is 0 Å². The van der Waals surface area contributed by atoms with Crippen LogP contribution in [0.4, 0.5) is 17.6 Å². The third-order valence-corrected chi connectivity index (χ3v) is 2.83. The number of carbonyl (C=O) groups is 1. The number of thioether (sulfide) groups is 1. The van der Waals surface area contributed by atoms with Crippen LogP contribution in [0.1, 0.15) is 10.4 Å². The van der Waals surface area contributed by atoms with Gasteiger partial charge in [0.05, 0.1) is 10.6 Å². The normalized spacial score (nSPS) is 11.6. The van der Waals surface area contributed by atoms with E-state index < -0.39 is 28.4 Å². The van der Waals surface area contributed by atoms with Crippen molar-refractivity contribution in [3.63, 3.8) is 0 Å². The van der Waals surface area contributed by atoms with E-state index in [4.69, 9.17) is 11.6 Å². The van der Waals surface area contributed by atoms with Crippen LogP contribution in [0.2, 0.25) is 5.02 Å². The molecule has 0 fully saturated rings. The molecule has 0 heterocycles. The van der Waals surface area contributed by atoms with Crippen LogP contribution < -0.4 is 0 Å². The van der Waals surface area contributed by atoms with Crippen molar-refractivity contribution in [3.05, 3.63) is 28.5 Å². The van der Waals surface area contributed by atoms with Crippen LogP contribution in [-0.2, 0) is 0 Å². The maximum absolute atomic E-state index is 13.5. The van der Waals surface area contributed by atoms with Gasteiger partial charge in [0.25, 0.3) is 5.78 Å².